The van der Waals surface area contributed by atoms with E-state index in [4.69, 9.17) is 0 Å². The van der Waals surface area contributed by atoms with E-state index in [9.17, 15) is 26.4 Å². The number of aromatic nitrogens is 2. The largest absolute Gasteiger partial charge is 0.417 e. The van der Waals surface area contributed by atoms with Crippen LogP contribution in [0.5, 0.6) is 0 Å². The lowest BCUT2D eigenvalue weighted by atomic mass is 9.96. The number of piperidine rings is 1. The third kappa shape index (κ3) is 5.26. The third-order valence-corrected chi connectivity index (χ3v) is 7.18. The van der Waals surface area contributed by atoms with E-state index in [1.165, 1.54) is 18.5 Å². The number of carbonyl (C=O) groups is 1. The van der Waals surface area contributed by atoms with Gasteiger partial charge in [0.05, 0.1) is 28.5 Å². The molecule has 7 nitrogen and oxygen atoms in total. The van der Waals surface area contributed by atoms with Gasteiger partial charge in [0, 0.05) is 24.4 Å². The summed E-state index contributed by atoms with van der Waals surface area (Å²) in [7, 11) is -4.34. The Morgan fingerprint density at radius 3 is 2.16 bits per heavy atom. The van der Waals surface area contributed by atoms with Crippen LogP contribution in [0.15, 0.2) is 41.6 Å². The second-order valence-electron chi connectivity index (χ2n) is 8.71. The van der Waals surface area contributed by atoms with Gasteiger partial charge in [-0.25, -0.2) is 18.4 Å². The number of hydrogen-bond donors (Lipinski definition) is 1. The number of nitrogens with zero attached hydrogens (tertiary/aromatic N) is 3. The summed E-state index contributed by atoms with van der Waals surface area (Å²) in [6.07, 6.45) is -1.37. The van der Waals surface area contributed by atoms with E-state index in [1.54, 1.807) is 0 Å². The highest BCUT2D eigenvalue weighted by atomic mass is 32.2. The van der Waals surface area contributed by atoms with E-state index in [-0.39, 0.29) is 37.3 Å². The van der Waals surface area contributed by atoms with Crippen LogP contribution in [0.25, 0.3) is 0 Å². The summed E-state index contributed by atoms with van der Waals surface area (Å²) in [6.45, 7) is 5.80. The minimum atomic E-state index is -4.79. The van der Waals surface area contributed by atoms with Crippen molar-refractivity contribution in [3.05, 3.63) is 48.0 Å². The molecule has 0 bridgehead atoms. The van der Waals surface area contributed by atoms with Crippen LogP contribution in [0.1, 0.15) is 45.0 Å². The number of rotatable bonds is 4. The molecule has 3 rings (SSSR count). The minimum Gasteiger partial charge on any atom is -0.323 e. The Labute approximate surface area is 185 Å². The molecule has 0 aliphatic carbocycles. The molecule has 11 heteroatoms. The summed E-state index contributed by atoms with van der Waals surface area (Å²) in [6, 6.07) is 4.11. The zero-order valence-corrected chi connectivity index (χ0v) is 18.8. The van der Waals surface area contributed by atoms with Crippen molar-refractivity contribution in [1.82, 2.24) is 14.3 Å². The fraction of sp³-hybridized carbons (Fsp3) is 0.476. The average molecular weight is 471 g/mol. The number of alkyl halides is 3. The smallest absolute Gasteiger partial charge is 0.323 e. The lowest BCUT2D eigenvalue weighted by Gasteiger charge is -2.31. The number of anilines is 1. The fourth-order valence-electron chi connectivity index (χ4n) is 3.45. The van der Waals surface area contributed by atoms with Gasteiger partial charge in [-0.05, 0) is 25.0 Å². The molecule has 0 saturated carbocycles. The van der Waals surface area contributed by atoms with Gasteiger partial charge in [-0.3, -0.25) is 4.79 Å². The standard InChI is InChI=1S/C21H25F3N4O3S/c1-20(2,3)19-25-12-15(13-26-19)27-18(29)14-8-10-28(11-9-14)32(30,31)17-7-5-4-6-16(17)21(22,23)24/h4-7,12-14H,8-11H2,1-3H3,(H,27,29). The Kier molecular flexibility index (Phi) is 6.62. The van der Waals surface area contributed by atoms with Gasteiger partial charge in [-0.15, -0.1) is 0 Å². The topological polar surface area (TPSA) is 92.3 Å². The monoisotopic (exact) mass is 470 g/mol. The summed E-state index contributed by atoms with van der Waals surface area (Å²) in [4.78, 5) is 20.3. The molecule has 1 aromatic carbocycles. The van der Waals surface area contributed by atoms with Crippen LogP contribution in [0, 0.1) is 5.92 Å². The van der Waals surface area contributed by atoms with E-state index in [2.05, 4.69) is 15.3 Å². The first kappa shape index (κ1) is 24.1. The third-order valence-electron chi connectivity index (χ3n) is 5.23. The van der Waals surface area contributed by atoms with Crippen LogP contribution in [0.2, 0.25) is 0 Å². The molecule has 0 atom stereocenters. The molecule has 0 radical (unpaired) electrons. The second kappa shape index (κ2) is 8.78. The van der Waals surface area contributed by atoms with E-state index in [0.717, 1.165) is 22.5 Å². The molecule has 1 aliphatic heterocycles. The molecule has 0 unspecified atom stereocenters. The fourth-order valence-corrected chi connectivity index (χ4v) is 5.13. The zero-order valence-electron chi connectivity index (χ0n) is 18.0. The Hall–Kier alpha value is -2.53. The van der Waals surface area contributed by atoms with Gasteiger partial charge in [0.25, 0.3) is 0 Å². The summed E-state index contributed by atoms with van der Waals surface area (Å²) in [5.41, 5.74) is -0.998. The summed E-state index contributed by atoms with van der Waals surface area (Å²) in [5, 5.41) is 2.72. The number of carbonyl (C=O) groups excluding carboxylic acids is 1. The first-order chi connectivity index (χ1) is 14.8. The summed E-state index contributed by atoms with van der Waals surface area (Å²) < 4.78 is 66.5. The van der Waals surface area contributed by atoms with Crippen molar-refractivity contribution >= 4 is 21.6 Å². The molecular weight excluding hydrogens is 445 g/mol. The van der Waals surface area contributed by atoms with Gasteiger partial charge >= 0.3 is 6.18 Å². The molecule has 174 valence electrons. The van der Waals surface area contributed by atoms with E-state index >= 15 is 0 Å². The lowest BCUT2D eigenvalue weighted by Crippen LogP contribution is -2.41. The molecule has 1 aromatic heterocycles. The molecule has 2 aromatic rings. The summed E-state index contributed by atoms with van der Waals surface area (Å²) in [5.74, 6) is -0.139. The van der Waals surface area contributed by atoms with Crippen LogP contribution in [0.4, 0.5) is 18.9 Å². The molecule has 1 aliphatic rings. The zero-order chi connectivity index (χ0) is 23.7. The quantitative estimate of drug-likeness (QED) is 0.733. The number of halogens is 3. The molecular formula is C21H25F3N4O3S. The first-order valence-corrected chi connectivity index (χ1v) is 11.5. The minimum absolute atomic E-state index is 0.0495. The molecule has 1 amide bonds. The van der Waals surface area contributed by atoms with Crippen molar-refractivity contribution in [2.24, 2.45) is 5.92 Å². The highest BCUT2D eigenvalue weighted by Gasteiger charge is 2.40. The Morgan fingerprint density at radius 2 is 1.62 bits per heavy atom. The van der Waals surface area contributed by atoms with Crippen LogP contribution >= 0.6 is 0 Å². The van der Waals surface area contributed by atoms with Gasteiger partial charge in [0.15, 0.2) is 0 Å². The van der Waals surface area contributed by atoms with Gasteiger partial charge in [0.2, 0.25) is 15.9 Å². The van der Waals surface area contributed by atoms with Gasteiger partial charge in [0.1, 0.15) is 5.82 Å². The maximum absolute atomic E-state index is 13.3. The van der Waals surface area contributed by atoms with Crippen molar-refractivity contribution in [2.45, 2.75) is 50.1 Å². The molecule has 1 fully saturated rings. The molecule has 1 N–H and O–H groups in total. The van der Waals surface area contributed by atoms with Crippen molar-refractivity contribution in [2.75, 3.05) is 18.4 Å². The first-order valence-electron chi connectivity index (χ1n) is 10.1. The maximum Gasteiger partial charge on any atom is 0.417 e. The van der Waals surface area contributed by atoms with Crippen LogP contribution in [0.3, 0.4) is 0 Å². The predicted molar refractivity (Wildman–Crippen MR) is 112 cm³/mol. The molecule has 32 heavy (non-hydrogen) atoms. The highest BCUT2D eigenvalue weighted by molar-refractivity contribution is 7.89. The molecule has 2 heterocycles. The predicted octanol–water partition coefficient (Wildman–Crippen LogP) is 3.83. The van der Waals surface area contributed by atoms with Crippen molar-refractivity contribution in [1.29, 1.82) is 0 Å². The van der Waals surface area contributed by atoms with E-state index < -0.39 is 32.6 Å². The van der Waals surface area contributed by atoms with Gasteiger partial charge < -0.3 is 5.32 Å². The number of hydrogen-bond acceptors (Lipinski definition) is 5. The maximum atomic E-state index is 13.3. The van der Waals surface area contributed by atoms with Gasteiger partial charge in [-0.1, -0.05) is 32.9 Å². The average Bonchev–Trinajstić information content (AvgIpc) is 2.73. The number of sulfonamides is 1. The van der Waals surface area contributed by atoms with Crippen LogP contribution < -0.4 is 5.32 Å². The summed E-state index contributed by atoms with van der Waals surface area (Å²) >= 11 is 0. The molecule has 1 saturated heterocycles. The SMILES string of the molecule is CC(C)(C)c1ncc(NC(=O)C2CCN(S(=O)(=O)c3ccccc3C(F)(F)F)CC2)cn1. The number of benzene rings is 1. The van der Waals surface area contributed by atoms with Crippen molar-refractivity contribution in [3.8, 4) is 0 Å². The lowest BCUT2D eigenvalue weighted by molar-refractivity contribution is -0.139. The second-order valence-corrected chi connectivity index (χ2v) is 10.6. The Bertz CT molecular complexity index is 1070. The highest BCUT2D eigenvalue weighted by Crippen LogP contribution is 2.36. The van der Waals surface area contributed by atoms with Crippen LogP contribution in [-0.2, 0) is 26.4 Å². The Balaban J connectivity index is 1.65. The van der Waals surface area contributed by atoms with E-state index in [0.29, 0.717) is 11.5 Å². The Morgan fingerprint density at radius 1 is 1.06 bits per heavy atom. The number of amides is 1. The normalized spacial score (nSPS) is 16.7. The van der Waals surface area contributed by atoms with Gasteiger partial charge in [-0.2, -0.15) is 17.5 Å². The number of nitrogens with one attached hydrogen (secondary N) is 1. The van der Waals surface area contributed by atoms with Crippen LogP contribution in [-0.4, -0.2) is 41.7 Å². The molecule has 0 spiro atoms. The van der Waals surface area contributed by atoms with Crippen molar-refractivity contribution < 1.29 is 26.4 Å². The van der Waals surface area contributed by atoms with E-state index in [1.807, 2.05) is 20.8 Å². The van der Waals surface area contributed by atoms with Crippen molar-refractivity contribution in [3.63, 3.8) is 0 Å².